The summed E-state index contributed by atoms with van der Waals surface area (Å²) in [4.78, 5) is 11.4. The molecule has 5 nitrogen and oxygen atoms in total. The summed E-state index contributed by atoms with van der Waals surface area (Å²) in [6, 6.07) is 13.6. The number of hydrogen-bond acceptors (Lipinski definition) is 4. The fraction of sp³-hybridized carbons (Fsp3) is 0.276. The van der Waals surface area contributed by atoms with Gasteiger partial charge in [0.05, 0.1) is 22.7 Å². The zero-order chi connectivity index (χ0) is 29.2. The van der Waals surface area contributed by atoms with Crippen LogP contribution in [0.15, 0.2) is 65.6 Å². The molecule has 0 N–H and O–H groups in total. The first-order valence-electron chi connectivity index (χ1n) is 12.4. The molecule has 40 heavy (non-hydrogen) atoms. The molecular weight excluding hydrogens is 570 g/mol. The predicted octanol–water partition coefficient (Wildman–Crippen LogP) is 7.89. The molecule has 0 saturated heterocycles. The quantitative estimate of drug-likeness (QED) is 0.196. The van der Waals surface area contributed by atoms with Crippen LogP contribution in [0, 0.1) is 0 Å². The van der Waals surface area contributed by atoms with Crippen LogP contribution in [-0.4, -0.2) is 26.8 Å². The first-order chi connectivity index (χ1) is 18.8. The zero-order valence-corrected chi connectivity index (χ0v) is 23.2. The summed E-state index contributed by atoms with van der Waals surface area (Å²) in [5, 5.41) is -0.0909. The molecule has 0 fully saturated rings. The maximum Gasteiger partial charge on any atom is 0.417 e. The van der Waals surface area contributed by atoms with Crippen molar-refractivity contribution in [1.29, 1.82) is 0 Å². The molecule has 2 unspecified atom stereocenters. The van der Waals surface area contributed by atoms with E-state index in [4.69, 9.17) is 16.3 Å². The Kier molecular flexibility index (Phi) is 8.60. The lowest BCUT2D eigenvalue weighted by Crippen LogP contribution is -2.43. The Balaban J connectivity index is 1.77. The number of alkyl halides is 4. The number of rotatable bonds is 8. The van der Waals surface area contributed by atoms with E-state index in [9.17, 15) is 30.8 Å². The van der Waals surface area contributed by atoms with E-state index < -0.39 is 34.0 Å². The van der Waals surface area contributed by atoms with Crippen molar-refractivity contribution >= 4 is 45.2 Å². The molecule has 0 aliphatic carbocycles. The van der Waals surface area contributed by atoms with Crippen LogP contribution < -0.4 is 9.04 Å². The van der Waals surface area contributed by atoms with Gasteiger partial charge in [0.25, 0.3) is 10.0 Å². The molecule has 0 spiro atoms. The van der Waals surface area contributed by atoms with Crippen LogP contribution in [0.4, 0.5) is 23.2 Å². The van der Waals surface area contributed by atoms with Gasteiger partial charge in [-0.1, -0.05) is 48.0 Å². The molecule has 2 atom stereocenters. The maximum absolute atomic E-state index is 14.0. The molecule has 3 aromatic carbocycles. The van der Waals surface area contributed by atoms with Gasteiger partial charge in [-0.25, -0.2) is 12.8 Å². The van der Waals surface area contributed by atoms with Crippen molar-refractivity contribution in [2.45, 2.75) is 50.0 Å². The number of ketones is 1. The highest BCUT2D eigenvalue weighted by Gasteiger charge is 2.35. The van der Waals surface area contributed by atoms with E-state index in [2.05, 4.69) is 0 Å². The summed E-state index contributed by atoms with van der Waals surface area (Å²) in [5.41, 5.74) is -0.382. The molecule has 1 heterocycles. The van der Waals surface area contributed by atoms with E-state index >= 15 is 0 Å². The normalized spacial score (nSPS) is 16.5. The van der Waals surface area contributed by atoms with E-state index in [-0.39, 0.29) is 57.7 Å². The number of carbonyl (C=O) groups is 1. The van der Waals surface area contributed by atoms with E-state index in [0.29, 0.717) is 5.56 Å². The van der Waals surface area contributed by atoms with Crippen LogP contribution in [0.1, 0.15) is 55.1 Å². The van der Waals surface area contributed by atoms with Gasteiger partial charge in [0.1, 0.15) is 23.8 Å². The van der Waals surface area contributed by atoms with E-state index in [0.717, 1.165) is 10.4 Å². The Morgan fingerprint density at radius 2 is 1.85 bits per heavy atom. The Hall–Kier alpha value is -3.37. The lowest BCUT2D eigenvalue weighted by molar-refractivity contribution is -0.137. The molecular formula is C29H26ClF4NO4S. The molecule has 1 aliphatic rings. The fourth-order valence-electron chi connectivity index (χ4n) is 4.36. The average molecular weight is 596 g/mol. The van der Waals surface area contributed by atoms with Gasteiger partial charge in [0.2, 0.25) is 0 Å². The minimum atomic E-state index is -4.63. The topological polar surface area (TPSA) is 63.7 Å². The summed E-state index contributed by atoms with van der Waals surface area (Å²) in [5.74, 6) is 0.149. The molecule has 0 aromatic heterocycles. The monoisotopic (exact) mass is 595 g/mol. The number of benzene rings is 3. The molecule has 212 valence electrons. The third-order valence-corrected chi connectivity index (χ3v) is 8.54. The van der Waals surface area contributed by atoms with Crippen LogP contribution >= 0.6 is 11.6 Å². The van der Waals surface area contributed by atoms with Gasteiger partial charge in [-0.15, -0.1) is 0 Å². The van der Waals surface area contributed by atoms with Crippen LogP contribution in [0.3, 0.4) is 0 Å². The molecule has 0 radical (unpaired) electrons. The van der Waals surface area contributed by atoms with Crippen LogP contribution in [-0.2, 0) is 21.0 Å². The van der Waals surface area contributed by atoms with Gasteiger partial charge in [-0.3, -0.25) is 4.31 Å². The number of Topliss-reactive ketones (excluding diaryl/α,β-unsaturated/α-hetero) is 1. The van der Waals surface area contributed by atoms with Gasteiger partial charge in [0, 0.05) is 17.0 Å². The number of ether oxygens (including phenoxy) is 1. The summed E-state index contributed by atoms with van der Waals surface area (Å²) in [7, 11) is -4.21. The fourth-order valence-corrected chi connectivity index (χ4v) is 6.15. The Labute approximate surface area is 235 Å². The highest BCUT2D eigenvalue weighted by atomic mass is 35.5. The van der Waals surface area contributed by atoms with Crippen molar-refractivity contribution in [2.75, 3.05) is 10.8 Å². The van der Waals surface area contributed by atoms with Crippen molar-refractivity contribution in [1.82, 2.24) is 0 Å². The largest absolute Gasteiger partial charge is 0.486 e. The minimum Gasteiger partial charge on any atom is -0.486 e. The Morgan fingerprint density at radius 1 is 1.12 bits per heavy atom. The average Bonchev–Trinajstić information content (AvgIpc) is 2.90. The van der Waals surface area contributed by atoms with Crippen molar-refractivity contribution in [3.05, 3.63) is 87.9 Å². The predicted molar refractivity (Wildman–Crippen MR) is 147 cm³/mol. The molecule has 0 saturated carbocycles. The maximum atomic E-state index is 14.0. The number of halogens is 5. The Morgan fingerprint density at radius 3 is 2.52 bits per heavy atom. The Bertz CT molecular complexity index is 1550. The van der Waals surface area contributed by atoms with Crippen LogP contribution in [0.25, 0.3) is 12.2 Å². The molecule has 11 heteroatoms. The minimum absolute atomic E-state index is 0.0771. The third kappa shape index (κ3) is 6.50. The number of sulfonamides is 1. The second kappa shape index (κ2) is 11.6. The first-order valence-corrected chi connectivity index (χ1v) is 14.2. The highest BCUT2D eigenvalue weighted by Crippen LogP contribution is 2.40. The number of hydrogen-bond donors (Lipinski definition) is 0. The molecule has 3 aromatic rings. The van der Waals surface area contributed by atoms with Gasteiger partial charge in [-0.05, 0) is 67.8 Å². The van der Waals surface area contributed by atoms with E-state index in [1.807, 2.05) is 0 Å². The van der Waals surface area contributed by atoms with Crippen LogP contribution in [0.5, 0.6) is 5.75 Å². The summed E-state index contributed by atoms with van der Waals surface area (Å²) >= 11 is 6.06. The lowest BCUT2D eigenvalue weighted by atomic mass is 10.0. The van der Waals surface area contributed by atoms with Crippen molar-refractivity contribution in [3.63, 3.8) is 0 Å². The smallest absolute Gasteiger partial charge is 0.417 e. The van der Waals surface area contributed by atoms with Gasteiger partial charge in [0.15, 0.2) is 0 Å². The lowest BCUT2D eigenvalue weighted by Gasteiger charge is -2.35. The third-order valence-electron chi connectivity index (χ3n) is 6.44. The van der Waals surface area contributed by atoms with Crippen molar-refractivity contribution in [2.24, 2.45) is 0 Å². The number of carbonyl (C=O) groups excluding carboxylic acids is 1. The standard InChI is InChI=1S/C29H26ClF4NO4S/c1-18(36)9-12-22-17-35(40(37,38)23-6-3-5-21(16-23)19(2)31)27-15-20(11-14-28(27)39-22)10-13-24-25(29(32,33)34)7-4-8-26(24)30/h3-8,10-11,13-16,19,22H,9,12,17H2,1-2H3. The van der Waals surface area contributed by atoms with Gasteiger partial charge < -0.3 is 9.53 Å². The summed E-state index contributed by atoms with van der Waals surface area (Å²) in [6.45, 7) is 2.61. The zero-order valence-electron chi connectivity index (χ0n) is 21.6. The summed E-state index contributed by atoms with van der Waals surface area (Å²) in [6.07, 6.45) is -3.57. The highest BCUT2D eigenvalue weighted by molar-refractivity contribution is 7.92. The number of fused-ring (bicyclic) bond motifs is 1. The second-order valence-electron chi connectivity index (χ2n) is 9.46. The van der Waals surface area contributed by atoms with Crippen molar-refractivity contribution < 1.29 is 35.5 Å². The summed E-state index contributed by atoms with van der Waals surface area (Å²) < 4.78 is 89.3. The molecule has 4 rings (SSSR count). The van der Waals surface area contributed by atoms with E-state index in [1.165, 1.54) is 74.5 Å². The molecule has 1 aliphatic heterocycles. The van der Waals surface area contributed by atoms with Crippen LogP contribution in [0.2, 0.25) is 5.02 Å². The molecule has 0 bridgehead atoms. The van der Waals surface area contributed by atoms with Gasteiger partial charge >= 0.3 is 6.18 Å². The SMILES string of the molecule is CC(=O)CCC1CN(S(=O)(=O)c2cccc(C(C)F)c2)c2cc(C=Cc3c(Cl)cccc3C(F)(F)F)ccc2O1. The number of nitrogens with zero attached hydrogens (tertiary/aromatic N) is 1. The van der Waals surface area contributed by atoms with E-state index in [1.54, 1.807) is 6.07 Å². The number of anilines is 1. The van der Waals surface area contributed by atoms with Crippen molar-refractivity contribution in [3.8, 4) is 5.75 Å². The molecule has 0 amide bonds. The first kappa shape index (κ1) is 29.6. The van der Waals surface area contributed by atoms with Gasteiger partial charge in [-0.2, -0.15) is 13.2 Å². The second-order valence-corrected chi connectivity index (χ2v) is 11.7.